The van der Waals surface area contributed by atoms with Crippen molar-refractivity contribution in [2.75, 3.05) is 27.3 Å². The number of imide groups is 1. The van der Waals surface area contributed by atoms with Gasteiger partial charge in [-0.15, -0.1) is 0 Å². The summed E-state index contributed by atoms with van der Waals surface area (Å²) < 4.78 is 9.10. The zero-order valence-electron chi connectivity index (χ0n) is 14.4. The van der Waals surface area contributed by atoms with E-state index in [2.05, 4.69) is 14.8 Å². The quantitative estimate of drug-likeness (QED) is 0.460. The minimum atomic E-state index is -1.14. The van der Waals surface area contributed by atoms with E-state index in [1.807, 2.05) is 0 Å². The molecule has 9 nitrogen and oxygen atoms in total. The maximum absolute atomic E-state index is 12.3. The molecule has 0 aromatic heterocycles. The van der Waals surface area contributed by atoms with Crippen LogP contribution in [0.5, 0.6) is 0 Å². The third-order valence-corrected chi connectivity index (χ3v) is 3.96. The number of nitrogens with zero attached hydrogens (tertiary/aromatic N) is 1. The Hall–Kier alpha value is -2.78. The second-order valence-electron chi connectivity index (χ2n) is 5.68. The minimum absolute atomic E-state index is 0.135. The van der Waals surface area contributed by atoms with Crippen LogP contribution in [-0.4, -0.2) is 73.2 Å². The lowest BCUT2D eigenvalue weighted by molar-refractivity contribution is -0.149. The van der Waals surface area contributed by atoms with Crippen LogP contribution in [0, 0.1) is 0 Å². The maximum atomic E-state index is 12.3. The molecular weight excluding hydrogens is 344 g/mol. The van der Waals surface area contributed by atoms with Gasteiger partial charge in [-0.2, -0.15) is 0 Å². The number of hydrogen-bond donors (Lipinski definition) is 2. The molecule has 1 unspecified atom stereocenters. The molecule has 2 amide bonds. The molecule has 1 aromatic carbocycles. The fourth-order valence-corrected chi connectivity index (χ4v) is 2.59. The highest BCUT2D eigenvalue weighted by atomic mass is 16.5. The predicted octanol–water partition coefficient (Wildman–Crippen LogP) is -0.662. The number of ether oxygens (including phenoxy) is 2. The molecular formula is C17H20N2O7. The zero-order chi connectivity index (χ0) is 19.3. The first-order valence-electron chi connectivity index (χ1n) is 7.90. The Morgan fingerprint density at radius 3 is 2.19 bits per heavy atom. The fraction of sp³-hybridized carbons (Fsp3) is 0.412. The Bertz CT molecular complexity index is 684. The third kappa shape index (κ3) is 4.24. The first kappa shape index (κ1) is 19.5. The SMILES string of the molecule is COC(=O)C[C@H](NCC(O)CN1C(=O)c2ccccc2C1=O)C(=O)OC. The number of amides is 2. The van der Waals surface area contributed by atoms with E-state index in [9.17, 15) is 24.3 Å². The van der Waals surface area contributed by atoms with Gasteiger partial charge in [-0.3, -0.25) is 24.1 Å². The number of fused-ring (bicyclic) bond motifs is 1. The molecule has 0 saturated heterocycles. The summed E-state index contributed by atoms with van der Waals surface area (Å²) >= 11 is 0. The fourth-order valence-electron chi connectivity index (χ4n) is 2.59. The average Bonchev–Trinajstić information content (AvgIpc) is 2.89. The second-order valence-corrected chi connectivity index (χ2v) is 5.68. The van der Waals surface area contributed by atoms with Crippen LogP contribution in [0.2, 0.25) is 0 Å². The van der Waals surface area contributed by atoms with Gasteiger partial charge in [0.15, 0.2) is 0 Å². The number of esters is 2. The van der Waals surface area contributed by atoms with Crippen molar-refractivity contribution < 1.29 is 33.8 Å². The highest BCUT2D eigenvalue weighted by Crippen LogP contribution is 2.22. The molecule has 2 N–H and O–H groups in total. The van der Waals surface area contributed by atoms with Gasteiger partial charge >= 0.3 is 11.9 Å². The molecule has 0 fully saturated rings. The van der Waals surface area contributed by atoms with Crippen LogP contribution in [-0.2, 0) is 19.1 Å². The number of aliphatic hydroxyl groups is 1. The van der Waals surface area contributed by atoms with Crippen molar-refractivity contribution in [1.82, 2.24) is 10.2 Å². The summed E-state index contributed by atoms with van der Waals surface area (Å²) in [5, 5.41) is 12.8. The highest BCUT2D eigenvalue weighted by molar-refractivity contribution is 6.21. The van der Waals surface area contributed by atoms with E-state index in [0.29, 0.717) is 0 Å². The van der Waals surface area contributed by atoms with Gasteiger partial charge in [0.25, 0.3) is 11.8 Å². The van der Waals surface area contributed by atoms with E-state index in [1.54, 1.807) is 24.3 Å². The number of aliphatic hydroxyl groups excluding tert-OH is 1. The Morgan fingerprint density at radius 1 is 1.12 bits per heavy atom. The summed E-state index contributed by atoms with van der Waals surface area (Å²) in [4.78, 5) is 48.5. The monoisotopic (exact) mass is 364 g/mol. The van der Waals surface area contributed by atoms with Crippen molar-refractivity contribution in [2.24, 2.45) is 0 Å². The number of carbonyl (C=O) groups is 4. The van der Waals surface area contributed by atoms with Crippen molar-refractivity contribution in [3.8, 4) is 0 Å². The van der Waals surface area contributed by atoms with Crippen LogP contribution >= 0.6 is 0 Å². The van der Waals surface area contributed by atoms with Crippen molar-refractivity contribution >= 4 is 23.8 Å². The zero-order valence-corrected chi connectivity index (χ0v) is 14.4. The number of rotatable bonds is 8. The lowest BCUT2D eigenvalue weighted by Gasteiger charge is -2.21. The Balaban J connectivity index is 1.95. The van der Waals surface area contributed by atoms with Crippen LogP contribution in [0.15, 0.2) is 24.3 Å². The van der Waals surface area contributed by atoms with Gasteiger partial charge in [0, 0.05) is 6.54 Å². The van der Waals surface area contributed by atoms with Gasteiger partial charge in [-0.1, -0.05) is 12.1 Å². The minimum Gasteiger partial charge on any atom is -0.469 e. The molecule has 26 heavy (non-hydrogen) atoms. The summed E-state index contributed by atoms with van der Waals surface area (Å²) in [6, 6.07) is 5.39. The molecule has 9 heteroatoms. The van der Waals surface area contributed by atoms with Crippen LogP contribution in [0.25, 0.3) is 0 Å². The second kappa shape index (κ2) is 8.54. The van der Waals surface area contributed by atoms with Crippen LogP contribution in [0.1, 0.15) is 27.1 Å². The van der Waals surface area contributed by atoms with Crippen LogP contribution in [0.4, 0.5) is 0 Å². The first-order valence-corrected chi connectivity index (χ1v) is 7.90. The molecule has 0 aliphatic carbocycles. The van der Waals surface area contributed by atoms with E-state index in [1.165, 1.54) is 14.2 Å². The summed E-state index contributed by atoms with van der Waals surface area (Å²) in [5.74, 6) is -2.28. The largest absolute Gasteiger partial charge is 0.469 e. The Labute approximate surface area is 149 Å². The summed E-state index contributed by atoms with van der Waals surface area (Å²) in [6.07, 6.45) is -1.41. The lowest BCUT2D eigenvalue weighted by Crippen LogP contribution is -2.46. The van der Waals surface area contributed by atoms with Crippen molar-refractivity contribution in [3.05, 3.63) is 35.4 Å². The number of hydrogen-bond acceptors (Lipinski definition) is 8. The van der Waals surface area contributed by atoms with E-state index < -0.39 is 35.9 Å². The highest BCUT2D eigenvalue weighted by Gasteiger charge is 2.36. The summed E-state index contributed by atoms with van der Waals surface area (Å²) in [7, 11) is 2.36. The van der Waals surface area contributed by atoms with Gasteiger partial charge in [0.1, 0.15) is 6.04 Å². The molecule has 2 atom stereocenters. The van der Waals surface area contributed by atoms with Crippen molar-refractivity contribution in [2.45, 2.75) is 18.6 Å². The molecule has 0 bridgehead atoms. The number of carbonyl (C=O) groups excluding carboxylic acids is 4. The molecule has 1 aliphatic heterocycles. The van der Waals surface area contributed by atoms with Crippen molar-refractivity contribution in [3.63, 3.8) is 0 Å². The Morgan fingerprint density at radius 2 is 1.69 bits per heavy atom. The molecule has 1 heterocycles. The number of β-amino-alcohol motifs (C(OH)–C–C–N with tert-alkyl or cyclic N) is 1. The van der Waals surface area contributed by atoms with Gasteiger partial charge in [0.2, 0.25) is 0 Å². The van der Waals surface area contributed by atoms with Gasteiger partial charge in [0.05, 0.1) is 44.4 Å². The van der Waals surface area contributed by atoms with E-state index in [4.69, 9.17) is 0 Å². The molecule has 140 valence electrons. The van der Waals surface area contributed by atoms with Gasteiger partial charge < -0.3 is 19.9 Å². The van der Waals surface area contributed by atoms with Gasteiger partial charge in [-0.25, -0.2) is 0 Å². The number of methoxy groups -OCH3 is 2. The maximum Gasteiger partial charge on any atom is 0.323 e. The molecule has 0 saturated carbocycles. The molecule has 1 aliphatic rings. The molecule has 2 rings (SSSR count). The summed E-state index contributed by atoms with van der Waals surface area (Å²) in [6.45, 7) is -0.379. The standard InChI is InChI=1S/C17H20N2O7/c1-25-14(21)7-13(17(24)26-2)18-8-10(20)9-19-15(22)11-5-3-4-6-12(11)16(19)23/h3-6,10,13,18,20H,7-9H2,1-2H3/t10?,13-/m0/s1. The van der Waals surface area contributed by atoms with Gasteiger partial charge in [-0.05, 0) is 12.1 Å². The molecule has 0 radical (unpaired) electrons. The molecule has 1 aromatic rings. The van der Waals surface area contributed by atoms with E-state index in [0.717, 1.165) is 4.90 Å². The first-order chi connectivity index (χ1) is 12.4. The summed E-state index contributed by atoms with van der Waals surface area (Å²) in [5.41, 5.74) is 0.576. The number of benzene rings is 1. The molecule has 0 spiro atoms. The van der Waals surface area contributed by atoms with E-state index in [-0.39, 0.29) is 30.6 Å². The van der Waals surface area contributed by atoms with Crippen LogP contribution < -0.4 is 5.32 Å². The smallest absolute Gasteiger partial charge is 0.323 e. The van der Waals surface area contributed by atoms with Crippen molar-refractivity contribution in [1.29, 1.82) is 0 Å². The van der Waals surface area contributed by atoms with Crippen LogP contribution in [0.3, 0.4) is 0 Å². The normalized spacial score (nSPS) is 15.4. The third-order valence-electron chi connectivity index (χ3n) is 3.96. The number of nitrogens with one attached hydrogen (secondary N) is 1. The Kier molecular flexibility index (Phi) is 6.42. The van der Waals surface area contributed by atoms with E-state index >= 15 is 0 Å². The average molecular weight is 364 g/mol. The predicted molar refractivity (Wildman–Crippen MR) is 88.3 cm³/mol. The lowest BCUT2D eigenvalue weighted by atomic mass is 10.1. The topological polar surface area (TPSA) is 122 Å².